The number of fused-ring (bicyclic) bond motifs is 1. The van der Waals surface area contributed by atoms with Gasteiger partial charge in [-0.3, -0.25) is 0 Å². The number of nitrogens with zero attached hydrogens (tertiary/aromatic N) is 4. The number of aromatic nitrogens is 3. The average Bonchev–Trinajstić information content (AvgIpc) is 2.95. The van der Waals surface area contributed by atoms with E-state index in [1.807, 2.05) is 34.6 Å². The van der Waals surface area contributed by atoms with Gasteiger partial charge in [0.05, 0.1) is 0 Å². The zero-order valence-electron chi connectivity index (χ0n) is 17.2. The number of hydrogen-bond acceptors (Lipinski definition) is 6. The van der Waals surface area contributed by atoms with Crippen LogP contribution in [0.15, 0.2) is 16.9 Å². The Bertz CT molecular complexity index is 950. The molecule has 1 aliphatic heterocycles. The highest BCUT2D eigenvalue weighted by Gasteiger charge is 2.39. The third-order valence-corrected chi connectivity index (χ3v) is 5.26. The largest absolute Gasteiger partial charge is 0.477 e. The Morgan fingerprint density at radius 3 is 2.66 bits per heavy atom. The molecule has 3 heterocycles. The van der Waals surface area contributed by atoms with Gasteiger partial charge in [0.1, 0.15) is 21.6 Å². The van der Waals surface area contributed by atoms with E-state index < -0.39 is 11.6 Å². The number of piperidine rings is 1. The van der Waals surface area contributed by atoms with E-state index >= 15 is 0 Å². The van der Waals surface area contributed by atoms with Crippen molar-refractivity contribution in [3.63, 3.8) is 0 Å². The first kappa shape index (κ1) is 21.4. The molecule has 2 aromatic rings. The molecule has 0 saturated carbocycles. The summed E-state index contributed by atoms with van der Waals surface area (Å²) in [5, 5.41) is 17.3. The Labute approximate surface area is 177 Å². The third-order valence-electron chi connectivity index (χ3n) is 4.88. The highest BCUT2D eigenvalue weighted by Crippen LogP contribution is 2.33. The van der Waals surface area contributed by atoms with Crippen LogP contribution in [0.25, 0.3) is 5.65 Å². The molecule has 3 rings (SSSR count). The fourth-order valence-electron chi connectivity index (χ4n) is 3.47. The second-order valence-electron chi connectivity index (χ2n) is 8.94. The second kappa shape index (κ2) is 7.47. The molecule has 0 aliphatic carbocycles. The lowest BCUT2D eigenvalue weighted by Gasteiger charge is -2.44. The number of carboxylic acids is 1. The molecule has 2 aromatic heterocycles. The van der Waals surface area contributed by atoms with Crippen molar-refractivity contribution in [2.45, 2.75) is 52.7 Å². The quantitative estimate of drug-likeness (QED) is 0.708. The molecule has 1 amide bonds. The summed E-state index contributed by atoms with van der Waals surface area (Å²) in [6, 6.07) is 1.64. The molecule has 2 N–H and O–H groups in total. The van der Waals surface area contributed by atoms with Crippen molar-refractivity contribution in [1.29, 1.82) is 0 Å². The lowest BCUT2D eigenvalue weighted by Crippen LogP contribution is -2.54. The van der Waals surface area contributed by atoms with E-state index in [0.717, 1.165) is 0 Å². The van der Waals surface area contributed by atoms with Crippen LogP contribution in [-0.4, -0.2) is 61.4 Å². The maximum atomic E-state index is 12.5. The van der Waals surface area contributed by atoms with E-state index in [-0.39, 0.29) is 23.1 Å². The Morgan fingerprint density at radius 2 is 2.07 bits per heavy atom. The number of carbonyl (C=O) groups is 2. The summed E-state index contributed by atoms with van der Waals surface area (Å²) in [7, 11) is 0. The van der Waals surface area contributed by atoms with Crippen molar-refractivity contribution in [3.8, 4) is 0 Å². The summed E-state index contributed by atoms with van der Waals surface area (Å²) < 4.78 is 7.55. The molecule has 1 saturated heterocycles. The minimum absolute atomic E-state index is 0.0403. The van der Waals surface area contributed by atoms with Crippen LogP contribution in [0.5, 0.6) is 0 Å². The summed E-state index contributed by atoms with van der Waals surface area (Å²) in [4.78, 5) is 30.1. The van der Waals surface area contributed by atoms with E-state index in [1.165, 1.54) is 10.7 Å². The molecule has 0 bridgehead atoms. The number of halogens is 1. The molecule has 1 atom stereocenters. The SMILES string of the molecule is CC(C)(C)OC(=O)N1CC[C@@H](Nc2c(C(=O)O)cnc3cc(Br)nn23)C(C)(C)C1. The monoisotopic (exact) mass is 467 g/mol. The van der Waals surface area contributed by atoms with Crippen molar-refractivity contribution in [2.75, 3.05) is 18.4 Å². The highest BCUT2D eigenvalue weighted by molar-refractivity contribution is 9.10. The summed E-state index contributed by atoms with van der Waals surface area (Å²) in [6.07, 6.45) is 1.63. The minimum Gasteiger partial charge on any atom is -0.477 e. The first-order valence-electron chi connectivity index (χ1n) is 9.39. The molecule has 0 radical (unpaired) electrons. The lowest BCUT2D eigenvalue weighted by molar-refractivity contribution is 0.00688. The van der Waals surface area contributed by atoms with E-state index in [1.54, 1.807) is 11.0 Å². The Hall–Kier alpha value is -2.36. The first-order chi connectivity index (χ1) is 13.4. The fraction of sp³-hybridized carbons (Fsp3) is 0.579. The Balaban J connectivity index is 1.85. The van der Waals surface area contributed by atoms with Crippen LogP contribution >= 0.6 is 15.9 Å². The van der Waals surface area contributed by atoms with Crippen molar-refractivity contribution in [2.24, 2.45) is 5.41 Å². The number of anilines is 1. The summed E-state index contributed by atoms with van der Waals surface area (Å²) >= 11 is 3.31. The van der Waals surface area contributed by atoms with Crippen molar-refractivity contribution in [3.05, 3.63) is 22.4 Å². The van der Waals surface area contributed by atoms with Crippen LogP contribution < -0.4 is 5.32 Å². The Morgan fingerprint density at radius 1 is 1.38 bits per heavy atom. The van der Waals surface area contributed by atoms with Crippen LogP contribution in [0.2, 0.25) is 0 Å². The van der Waals surface area contributed by atoms with Gasteiger partial charge in [0, 0.05) is 36.8 Å². The summed E-state index contributed by atoms with van der Waals surface area (Å²) in [6.45, 7) is 10.6. The number of aromatic carboxylic acids is 1. The molecule has 1 aliphatic rings. The number of nitrogens with one attached hydrogen (secondary N) is 1. The maximum absolute atomic E-state index is 12.5. The number of rotatable bonds is 3. The number of carboxylic acid groups (broad SMARTS) is 1. The molecule has 0 spiro atoms. The predicted octanol–water partition coefficient (Wildman–Crippen LogP) is 3.64. The molecule has 0 unspecified atom stereocenters. The minimum atomic E-state index is -1.09. The van der Waals surface area contributed by atoms with E-state index in [4.69, 9.17) is 4.74 Å². The molecule has 29 heavy (non-hydrogen) atoms. The van der Waals surface area contributed by atoms with Gasteiger partial charge in [-0.15, -0.1) is 0 Å². The van der Waals surface area contributed by atoms with Crippen molar-refractivity contribution < 1.29 is 19.4 Å². The topological polar surface area (TPSA) is 109 Å². The van der Waals surface area contributed by atoms with E-state index in [2.05, 4.69) is 31.3 Å². The average molecular weight is 468 g/mol. The van der Waals surface area contributed by atoms with Crippen LogP contribution in [0.1, 0.15) is 51.4 Å². The van der Waals surface area contributed by atoms with Crippen LogP contribution in [-0.2, 0) is 4.74 Å². The standard InChI is InChI=1S/C19H26BrN5O4/c1-18(2,3)29-17(28)24-7-6-12(19(4,5)10-24)22-15-11(16(26)27)9-21-14-8-13(20)23-25(14)15/h8-9,12,22H,6-7,10H2,1-5H3,(H,26,27)/t12-/m1/s1. The van der Waals surface area contributed by atoms with E-state index in [0.29, 0.717) is 35.6 Å². The third kappa shape index (κ3) is 4.63. The van der Waals surface area contributed by atoms with Crippen LogP contribution in [0, 0.1) is 5.41 Å². The summed E-state index contributed by atoms with van der Waals surface area (Å²) in [5.41, 5.74) is -0.305. The van der Waals surface area contributed by atoms with Crippen LogP contribution in [0.3, 0.4) is 0 Å². The van der Waals surface area contributed by atoms with Gasteiger partial charge in [-0.1, -0.05) is 13.8 Å². The lowest BCUT2D eigenvalue weighted by atomic mass is 9.79. The predicted molar refractivity (Wildman–Crippen MR) is 111 cm³/mol. The molecule has 10 heteroatoms. The number of ether oxygens (including phenoxy) is 1. The van der Waals surface area contributed by atoms with Crippen molar-refractivity contribution >= 4 is 39.5 Å². The molecule has 1 fully saturated rings. The molecular weight excluding hydrogens is 442 g/mol. The number of amides is 1. The van der Waals surface area contributed by atoms with Gasteiger partial charge in [0.25, 0.3) is 0 Å². The molecule has 158 valence electrons. The van der Waals surface area contributed by atoms with Gasteiger partial charge in [0.15, 0.2) is 5.65 Å². The highest BCUT2D eigenvalue weighted by atomic mass is 79.9. The maximum Gasteiger partial charge on any atom is 0.410 e. The Kier molecular flexibility index (Phi) is 5.50. The van der Waals surface area contributed by atoms with Gasteiger partial charge in [-0.05, 0) is 43.1 Å². The van der Waals surface area contributed by atoms with Crippen LogP contribution in [0.4, 0.5) is 10.6 Å². The number of carbonyl (C=O) groups excluding carboxylic acids is 1. The van der Waals surface area contributed by atoms with Gasteiger partial charge >= 0.3 is 12.1 Å². The van der Waals surface area contributed by atoms with Gasteiger partial charge < -0.3 is 20.1 Å². The molecule has 0 aromatic carbocycles. The second-order valence-corrected chi connectivity index (χ2v) is 9.75. The zero-order valence-corrected chi connectivity index (χ0v) is 18.8. The number of likely N-dealkylation sites (tertiary alicyclic amines) is 1. The van der Waals surface area contributed by atoms with Crippen molar-refractivity contribution in [1.82, 2.24) is 19.5 Å². The van der Waals surface area contributed by atoms with E-state index in [9.17, 15) is 14.7 Å². The molecular formula is C19H26BrN5O4. The fourth-order valence-corrected chi connectivity index (χ4v) is 3.84. The summed E-state index contributed by atoms with van der Waals surface area (Å²) in [5.74, 6) is -0.713. The normalized spacial score (nSPS) is 19.2. The zero-order chi connectivity index (χ0) is 21.6. The van der Waals surface area contributed by atoms with Gasteiger partial charge in [-0.2, -0.15) is 9.61 Å². The van der Waals surface area contributed by atoms with Gasteiger partial charge in [-0.25, -0.2) is 14.6 Å². The number of hydrogen-bond donors (Lipinski definition) is 2. The van der Waals surface area contributed by atoms with Gasteiger partial charge in [0.2, 0.25) is 0 Å². The smallest absolute Gasteiger partial charge is 0.410 e. The molecule has 9 nitrogen and oxygen atoms in total. The first-order valence-corrected chi connectivity index (χ1v) is 10.2.